The number of rotatable bonds is 3. The van der Waals surface area contributed by atoms with Crippen molar-refractivity contribution in [1.29, 1.82) is 0 Å². The second kappa shape index (κ2) is 4.77. The molecule has 0 bridgehead atoms. The Morgan fingerprint density at radius 1 is 1.25 bits per heavy atom. The van der Waals surface area contributed by atoms with Crippen molar-refractivity contribution in [1.82, 2.24) is 0 Å². The van der Waals surface area contributed by atoms with Crippen molar-refractivity contribution in [2.24, 2.45) is 17.3 Å². The van der Waals surface area contributed by atoms with Gasteiger partial charge in [-0.3, -0.25) is 4.79 Å². The number of carboxylic acids is 1. The third-order valence-electron chi connectivity index (χ3n) is 4.94. The van der Waals surface area contributed by atoms with Gasteiger partial charge in [0.1, 0.15) is 0 Å². The molecule has 3 atom stereocenters. The molecule has 16 heavy (non-hydrogen) atoms. The van der Waals surface area contributed by atoms with Crippen molar-refractivity contribution in [3.63, 3.8) is 0 Å². The van der Waals surface area contributed by atoms with Crippen molar-refractivity contribution in [2.75, 3.05) is 0 Å². The van der Waals surface area contributed by atoms with Gasteiger partial charge in [-0.2, -0.15) is 0 Å². The summed E-state index contributed by atoms with van der Waals surface area (Å²) >= 11 is 0. The summed E-state index contributed by atoms with van der Waals surface area (Å²) in [6, 6.07) is 0. The fraction of sp³-hybridized carbons (Fsp3) is 0.929. The molecule has 0 heterocycles. The zero-order valence-corrected chi connectivity index (χ0v) is 10.4. The van der Waals surface area contributed by atoms with Crippen LogP contribution in [0.5, 0.6) is 0 Å². The van der Waals surface area contributed by atoms with E-state index >= 15 is 0 Å². The predicted molar refractivity (Wildman–Crippen MR) is 64.3 cm³/mol. The van der Waals surface area contributed by atoms with Crippen LogP contribution < -0.4 is 0 Å². The highest BCUT2D eigenvalue weighted by molar-refractivity contribution is 5.75. The summed E-state index contributed by atoms with van der Waals surface area (Å²) in [7, 11) is 0. The summed E-state index contributed by atoms with van der Waals surface area (Å²) in [5, 5.41) is 9.66. The maximum absolute atomic E-state index is 11.7. The Morgan fingerprint density at radius 2 is 1.94 bits per heavy atom. The molecule has 0 saturated heterocycles. The Kier molecular flexibility index (Phi) is 3.56. The molecule has 0 radical (unpaired) electrons. The number of fused-ring (bicyclic) bond motifs is 1. The number of carboxylic acid groups (broad SMARTS) is 1. The molecule has 0 spiro atoms. The first-order valence-corrected chi connectivity index (χ1v) is 6.94. The van der Waals surface area contributed by atoms with Gasteiger partial charge >= 0.3 is 5.97 Å². The molecule has 2 heteroatoms. The molecule has 92 valence electrons. The summed E-state index contributed by atoms with van der Waals surface area (Å²) in [6.07, 6.45) is 10.3. The van der Waals surface area contributed by atoms with E-state index in [-0.39, 0.29) is 5.41 Å². The molecule has 0 aliphatic heterocycles. The molecule has 3 unspecified atom stereocenters. The highest BCUT2D eigenvalue weighted by atomic mass is 16.4. The van der Waals surface area contributed by atoms with Crippen molar-refractivity contribution < 1.29 is 9.90 Å². The van der Waals surface area contributed by atoms with Gasteiger partial charge in [-0.15, -0.1) is 0 Å². The van der Waals surface area contributed by atoms with Crippen LogP contribution in [0.1, 0.15) is 64.7 Å². The molecule has 0 aromatic carbocycles. The highest BCUT2D eigenvalue weighted by Crippen LogP contribution is 2.53. The van der Waals surface area contributed by atoms with Crippen LogP contribution >= 0.6 is 0 Å². The standard InChI is InChI=1S/C14H24O2/c1-2-9-14(13(15)16)10-5-7-11-6-3-4-8-12(11)14/h11-12H,2-10H2,1H3,(H,15,16). The summed E-state index contributed by atoms with van der Waals surface area (Å²) in [5.41, 5.74) is -0.363. The Morgan fingerprint density at radius 3 is 2.62 bits per heavy atom. The van der Waals surface area contributed by atoms with Gasteiger partial charge in [0.15, 0.2) is 0 Å². The van der Waals surface area contributed by atoms with E-state index in [1.54, 1.807) is 0 Å². The Labute approximate surface area is 98.4 Å². The second-order valence-electron chi connectivity index (χ2n) is 5.75. The van der Waals surface area contributed by atoms with Crippen LogP contribution in [0.15, 0.2) is 0 Å². The molecule has 0 aromatic heterocycles. The van der Waals surface area contributed by atoms with Gasteiger partial charge in [-0.25, -0.2) is 0 Å². The minimum atomic E-state index is -0.508. The molecule has 2 rings (SSSR count). The molecular weight excluding hydrogens is 200 g/mol. The Bertz CT molecular complexity index is 255. The van der Waals surface area contributed by atoms with E-state index < -0.39 is 5.97 Å². The Balaban J connectivity index is 2.23. The maximum Gasteiger partial charge on any atom is 0.309 e. The first-order chi connectivity index (χ1) is 7.70. The van der Waals surface area contributed by atoms with Crippen LogP contribution in [0.4, 0.5) is 0 Å². The van der Waals surface area contributed by atoms with E-state index in [1.807, 2.05) is 0 Å². The molecule has 2 aliphatic rings. The van der Waals surface area contributed by atoms with E-state index in [4.69, 9.17) is 0 Å². The topological polar surface area (TPSA) is 37.3 Å². The van der Waals surface area contributed by atoms with E-state index in [0.717, 1.165) is 32.1 Å². The number of aliphatic carboxylic acids is 1. The first kappa shape index (κ1) is 11.9. The summed E-state index contributed by atoms with van der Waals surface area (Å²) in [6.45, 7) is 2.12. The van der Waals surface area contributed by atoms with Crippen molar-refractivity contribution >= 4 is 5.97 Å². The van der Waals surface area contributed by atoms with Gasteiger partial charge in [0.25, 0.3) is 0 Å². The third kappa shape index (κ3) is 1.87. The summed E-state index contributed by atoms with van der Waals surface area (Å²) < 4.78 is 0. The van der Waals surface area contributed by atoms with Crippen LogP contribution in [0.2, 0.25) is 0 Å². The quantitative estimate of drug-likeness (QED) is 0.790. The van der Waals surface area contributed by atoms with Crippen molar-refractivity contribution in [3.8, 4) is 0 Å². The van der Waals surface area contributed by atoms with Crippen molar-refractivity contribution in [2.45, 2.75) is 64.7 Å². The van der Waals surface area contributed by atoms with Gasteiger partial charge in [0.2, 0.25) is 0 Å². The smallest absolute Gasteiger partial charge is 0.309 e. The van der Waals surface area contributed by atoms with E-state index in [0.29, 0.717) is 11.8 Å². The summed E-state index contributed by atoms with van der Waals surface area (Å²) in [4.78, 5) is 11.7. The molecule has 2 saturated carbocycles. The normalized spacial score (nSPS) is 39.1. The predicted octanol–water partition coefficient (Wildman–Crippen LogP) is 3.85. The monoisotopic (exact) mass is 224 g/mol. The zero-order chi connectivity index (χ0) is 11.6. The SMILES string of the molecule is CCCC1(C(=O)O)CCCC2CCCCC21. The van der Waals surface area contributed by atoms with Crippen molar-refractivity contribution in [3.05, 3.63) is 0 Å². The number of carbonyl (C=O) groups is 1. The van der Waals surface area contributed by atoms with E-state index in [1.165, 1.54) is 25.7 Å². The fourth-order valence-electron chi connectivity index (χ4n) is 4.27. The lowest BCUT2D eigenvalue weighted by Crippen LogP contribution is -2.46. The largest absolute Gasteiger partial charge is 0.481 e. The van der Waals surface area contributed by atoms with Crippen LogP contribution in [-0.4, -0.2) is 11.1 Å². The van der Waals surface area contributed by atoms with Gasteiger partial charge in [-0.1, -0.05) is 45.4 Å². The van der Waals surface area contributed by atoms with Gasteiger partial charge < -0.3 is 5.11 Å². The first-order valence-electron chi connectivity index (χ1n) is 6.94. The molecular formula is C14H24O2. The Hall–Kier alpha value is -0.530. The van der Waals surface area contributed by atoms with Crippen LogP contribution in [0, 0.1) is 17.3 Å². The van der Waals surface area contributed by atoms with Gasteiger partial charge in [0, 0.05) is 0 Å². The van der Waals surface area contributed by atoms with Crippen LogP contribution in [0.3, 0.4) is 0 Å². The average molecular weight is 224 g/mol. The maximum atomic E-state index is 11.7. The second-order valence-corrected chi connectivity index (χ2v) is 5.75. The third-order valence-corrected chi connectivity index (χ3v) is 4.94. The molecule has 2 aliphatic carbocycles. The molecule has 2 fully saturated rings. The molecule has 0 aromatic rings. The van der Waals surface area contributed by atoms with E-state index in [2.05, 4.69) is 6.92 Å². The van der Waals surface area contributed by atoms with Crippen LogP contribution in [-0.2, 0) is 4.79 Å². The van der Waals surface area contributed by atoms with Crippen LogP contribution in [0.25, 0.3) is 0 Å². The fourth-order valence-corrected chi connectivity index (χ4v) is 4.27. The minimum Gasteiger partial charge on any atom is -0.481 e. The molecule has 0 amide bonds. The number of hydrogen-bond acceptors (Lipinski definition) is 1. The van der Waals surface area contributed by atoms with E-state index in [9.17, 15) is 9.90 Å². The number of hydrogen-bond donors (Lipinski definition) is 1. The lowest BCUT2D eigenvalue weighted by molar-refractivity contribution is -0.160. The lowest BCUT2D eigenvalue weighted by Gasteiger charge is -2.48. The molecule has 2 nitrogen and oxygen atoms in total. The molecule has 1 N–H and O–H groups in total. The minimum absolute atomic E-state index is 0.363. The lowest BCUT2D eigenvalue weighted by atomic mass is 9.56. The highest BCUT2D eigenvalue weighted by Gasteiger charge is 2.50. The van der Waals surface area contributed by atoms with Gasteiger partial charge in [-0.05, 0) is 31.1 Å². The average Bonchev–Trinajstić information content (AvgIpc) is 2.29. The zero-order valence-electron chi connectivity index (χ0n) is 10.4. The van der Waals surface area contributed by atoms with Gasteiger partial charge in [0.05, 0.1) is 5.41 Å². The summed E-state index contributed by atoms with van der Waals surface area (Å²) in [5.74, 6) is 0.684.